The quantitative estimate of drug-likeness (QED) is 0.193. The van der Waals surface area contributed by atoms with Gasteiger partial charge in [0.15, 0.2) is 0 Å². The van der Waals surface area contributed by atoms with Crippen LogP contribution < -0.4 is 10.6 Å². The van der Waals surface area contributed by atoms with Gasteiger partial charge in [-0.1, -0.05) is 97.4 Å². The first-order valence-electron chi connectivity index (χ1n) is 15.4. The van der Waals surface area contributed by atoms with Gasteiger partial charge in [0, 0.05) is 38.7 Å². The number of hydrogen-bond acceptors (Lipinski definition) is 4. The average molecular weight is 567 g/mol. The number of piperidine rings is 1. The lowest BCUT2D eigenvalue weighted by molar-refractivity contribution is -0.132. The Morgan fingerprint density at radius 2 is 1.43 bits per heavy atom. The van der Waals surface area contributed by atoms with Crippen LogP contribution in [0.5, 0.6) is 0 Å². The fraction of sp³-hybridized carbons (Fsp3) is 0.389. The molecule has 0 aromatic heterocycles. The number of carbonyl (C=O) groups is 2. The van der Waals surface area contributed by atoms with Crippen LogP contribution in [-0.4, -0.2) is 74.0 Å². The van der Waals surface area contributed by atoms with Crippen molar-refractivity contribution in [3.05, 3.63) is 114 Å². The van der Waals surface area contributed by atoms with Crippen molar-refractivity contribution in [2.24, 2.45) is 0 Å². The van der Waals surface area contributed by atoms with Crippen molar-refractivity contribution in [3.8, 4) is 0 Å². The van der Waals surface area contributed by atoms with E-state index in [1.165, 1.54) is 30.4 Å². The van der Waals surface area contributed by atoms with Gasteiger partial charge in [-0.2, -0.15) is 0 Å². The molecule has 1 aliphatic heterocycles. The van der Waals surface area contributed by atoms with Crippen LogP contribution in [0, 0.1) is 0 Å². The summed E-state index contributed by atoms with van der Waals surface area (Å²) < 4.78 is 0. The van der Waals surface area contributed by atoms with E-state index in [2.05, 4.69) is 64.1 Å². The highest BCUT2D eigenvalue weighted by molar-refractivity contribution is 5.91. The molecular formula is C36H46N4O2. The zero-order valence-electron chi connectivity index (χ0n) is 25.0. The van der Waals surface area contributed by atoms with E-state index < -0.39 is 0 Å². The van der Waals surface area contributed by atoms with Crippen molar-refractivity contribution < 1.29 is 9.59 Å². The molecule has 1 atom stereocenters. The van der Waals surface area contributed by atoms with Gasteiger partial charge in [0.2, 0.25) is 11.8 Å². The van der Waals surface area contributed by atoms with Crippen molar-refractivity contribution in [2.75, 3.05) is 46.3 Å². The maximum atomic E-state index is 13.9. The molecular weight excluding hydrogens is 520 g/mol. The van der Waals surface area contributed by atoms with Crippen molar-refractivity contribution in [1.29, 1.82) is 0 Å². The molecule has 0 radical (unpaired) electrons. The summed E-state index contributed by atoms with van der Waals surface area (Å²) in [5.74, 6) is 0.0474. The number of likely N-dealkylation sites (tertiary alicyclic amines) is 1. The van der Waals surface area contributed by atoms with Crippen molar-refractivity contribution >= 4 is 17.9 Å². The van der Waals surface area contributed by atoms with E-state index in [1.807, 2.05) is 54.4 Å². The number of benzene rings is 3. The Morgan fingerprint density at radius 1 is 0.833 bits per heavy atom. The van der Waals surface area contributed by atoms with E-state index in [0.717, 1.165) is 38.0 Å². The van der Waals surface area contributed by atoms with Gasteiger partial charge in [-0.05, 0) is 68.1 Å². The van der Waals surface area contributed by atoms with Gasteiger partial charge < -0.3 is 20.4 Å². The minimum absolute atomic E-state index is 0.0889. The summed E-state index contributed by atoms with van der Waals surface area (Å²) in [6.45, 7) is 4.91. The van der Waals surface area contributed by atoms with Crippen molar-refractivity contribution in [1.82, 2.24) is 20.4 Å². The Morgan fingerprint density at radius 3 is 2.05 bits per heavy atom. The second kappa shape index (κ2) is 17.3. The fourth-order valence-corrected chi connectivity index (χ4v) is 5.65. The van der Waals surface area contributed by atoms with E-state index in [4.69, 9.17) is 0 Å². The summed E-state index contributed by atoms with van der Waals surface area (Å²) in [5.41, 5.74) is 3.38. The predicted molar refractivity (Wildman–Crippen MR) is 172 cm³/mol. The van der Waals surface area contributed by atoms with E-state index in [9.17, 15) is 9.59 Å². The third-order valence-corrected chi connectivity index (χ3v) is 7.99. The maximum absolute atomic E-state index is 13.9. The summed E-state index contributed by atoms with van der Waals surface area (Å²) in [4.78, 5) is 30.6. The second-order valence-electron chi connectivity index (χ2n) is 11.2. The topological polar surface area (TPSA) is 64.7 Å². The Balaban J connectivity index is 1.35. The average Bonchev–Trinajstić information content (AvgIpc) is 3.05. The monoisotopic (exact) mass is 566 g/mol. The number of amides is 2. The predicted octanol–water partition coefficient (Wildman–Crippen LogP) is 5.33. The molecule has 1 aliphatic rings. The molecule has 1 fully saturated rings. The van der Waals surface area contributed by atoms with E-state index in [0.29, 0.717) is 19.6 Å². The highest BCUT2D eigenvalue weighted by Gasteiger charge is 2.25. The minimum atomic E-state index is -0.302. The SMILES string of the molecule is CN(CC(c1ccccc1)c1ccccc1)C(=O)[C@H](CCCN1CCCCC1)NCCNC(=O)/C=C/c1ccccc1. The maximum Gasteiger partial charge on any atom is 0.244 e. The molecule has 0 aliphatic carbocycles. The molecule has 0 bridgehead atoms. The number of rotatable bonds is 15. The molecule has 4 rings (SSSR count). The Bertz CT molecular complexity index is 1190. The van der Waals surface area contributed by atoms with Gasteiger partial charge in [-0.25, -0.2) is 0 Å². The number of nitrogens with one attached hydrogen (secondary N) is 2. The summed E-state index contributed by atoms with van der Waals surface area (Å²) in [6, 6.07) is 30.3. The Hall–Kier alpha value is -3.74. The molecule has 0 saturated carbocycles. The highest BCUT2D eigenvalue weighted by atomic mass is 16.2. The third-order valence-electron chi connectivity index (χ3n) is 7.99. The largest absolute Gasteiger partial charge is 0.351 e. The van der Waals surface area contributed by atoms with Gasteiger partial charge in [-0.3, -0.25) is 9.59 Å². The first-order valence-corrected chi connectivity index (χ1v) is 15.4. The van der Waals surface area contributed by atoms with Crippen LogP contribution in [0.2, 0.25) is 0 Å². The molecule has 222 valence electrons. The van der Waals surface area contributed by atoms with Crippen LogP contribution >= 0.6 is 0 Å². The van der Waals surface area contributed by atoms with Gasteiger partial charge in [0.25, 0.3) is 0 Å². The molecule has 3 aromatic carbocycles. The Labute approximate surface area is 251 Å². The standard InChI is InChI=1S/C36H46N4O2/c1-39(29-33(31-17-8-3-9-18-31)32-19-10-4-11-20-32)36(42)34(21-14-28-40-26-12-5-13-27-40)37-24-25-38-35(41)23-22-30-15-6-2-7-16-30/h2-4,6-11,15-20,22-23,33-34,37H,5,12-14,21,24-29H2,1H3,(H,38,41)/b23-22+/t34-/m0/s1. The molecule has 2 N–H and O–H groups in total. The first-order chi connectivity index (χ1) is 20.6. The number of nitrogens with zero attached hydrogens (tertiary/aromatic N) is 2. The van der Waals surface area contributed by atoms with Gasteiger partial charge in [0.05, 0.1) is 6.04 Å². The molecule has 2 amide bonds. The molecule has 3 aromatic rings. The van der Waals surface area contributed by atoms with E-state index in [-0.39, 0.29) is 23.8 Å². The molecule has 1 saturated heterocycles. The summed E-state index contributed by atoms with van der Waals surface area (Å²) in [6.07, 6.45) is 8.94. The van der Waals surface area contributed by atoms with Crippen LogP contribution in [0.3, 0.4) is 0 Å². The normalized spacial score (nSPS) is 14.6. The zero-order valence-corrected chi connectivity index (χ0v) is 25.0. The zero-order chi connectivity index (χ0) is 29.4. The van der Waals surface area contributed by atoms with Crippen LogP contribution in [0.25, 0.3) is 6.08 Å². The van der Waals surface area contributed by atoms with Gasteiger partial charge in [0.1, 0.15) is 0 Å². The van der Waals surface area contributed by atoms with Crippen molar-refractivity contribution in [3.63, 3.8) is 0 Å². The molecule has 0 unspecified atom stereocenters. The highest BCUT2D eigenvalue weighted by Crippen LogP contribution is 2.25. The smallest absolute Gasteiger partial charge is 0.244 e. The van der Waals surface area contributed by atoms with E-state index >= 15 is 0 Å². The summed E-state index contributed by atoms with van der Waals surface area (Å²) in [5, 5.41) is 6.41. The molecule has 1 heterocycles. The van der Waals surface area contributed by atoms with Crippen LogP contribution in [0.1, 0.15) is 54.7 Å². The number of carbonyl (C=O) groups excluding carboxylic acids is 2. The molecule has 6 heteroatoms. The number of likely N-dealkylation sites (N-methyl/N-ethyl adjacent to an activating group) is 1. The van der Waals surface area contributed by atoms with Crippen LogP contribution in [-0.2, 0) is 9.59 Å². The number of hydrogen-bond donors (Lipinski definition) is 2. The lowest BCUT2D eigenvalue weighted by Crippen LogP contribution is -2.48. The second-order valence-corrected chi connectivity index (χ2v) is 11.2. The summed E-state index contributed by atoms with van der Waals surface area (Å²) in [7, 11) is 1.91. The van der Waals surface area contributed by atoms with E-state index in [1.54, 1.807) is 12.2 Å². The Kier molecular flexibility index (Phi) is 12.8. The summed E-state index contributed by atoms with van der Waals surface area (Å²) >= 11 is 0. The third kappa shape index (κ3) is 10.3. The molecule has 6 nitrogen and oxygen atoms in total. The lowest BCUT2D eigenvalue weighted by Gasteiger charge is -2.30. The first kappa shape index (κ1) is 31.2. The van der Waals surface area contributed by atoms with Crippen molar-refractivity contribution in [2.45, 2.75) is 44.1 Å². The van der Waals surface area contributed by atoms with Crippen LogP contribution in [0.4, 0.5) is 0 Å². The lowest BCUT2D eigenvalue weighted by atomic mass is 9.90. The fourth-order valence-electron chi connectivity index (χ4n) is 5.65. The minimum Gasteiger partial charge on any atom is -0.351 e. The van der Waals surface area contributed by atoms with Gasteiger partial charge in [-0.15, -0.1) is 0 Å². The molecule has 42 heavy (non-hydrogen) atoms. The van der Waals surface area contributed by atoms with Gasteiger partial charge >= 0.3 is 0 Å². The van der Waals surface area contributed by atoms with Crippen LogP contribution in [0.15, 0.2) is 97.1 Å². The molecule has 0 spiro atoms.